The molecular formula is C28H38FN3O5. The summed E-state index contributed by atoms with van der Waals surface area (Å²) in [7, 11) is 0. The van der Waals surface area contributed by atoms with E-state index in [0.717, 1.165) is 69.3 Å². The summed E-state index contributed by atoms with van der Waals surface area (Å²) in [4.78, 5) is 32.0. The Bertz CT molecular complexity index is 1010. The Morgan fingerprint density at radius 1 is 1.08 bits per heavy atom. The summed E-state index contributed by atoms with van der Waals surface area (Å²) in [6.45, 7) is 5.88. The average Bonchev–Trinajstić information content (AvgIpc) is 3.59. The van der Waals surface area contributed by atoms with E-state index in [1.807, 2.05) is 11.8 Å². The maximum atomic E-state index is 14.4. The average molecular weight is 516 g/mol. The van der Waals surface area contributed by atoms with E-state index < -0.39 is 0 Å². The highest BCUT2D eigenvalue weighted by Gasteiger charge is 2.50. The first-order chi connectivity index (χ1) is 18.0. The topological polar surface area (TPSA) is 71.6 Å². The summed E-state index contributed by atoms with van der Waals surface area (Å²) in [5.41, 5.74) is 1.44. The van der Waals surface area contributed by atoms with E-state index in [4.69, 9.17) is 14.2 Å². The first-order valence-electron chi connectivity index (χ1n) is 14.0. The molecule has 6 rings (SSSR count). The number of hydrogen-bond donors (Lipinski definition) is 0. The lowest BCUT2D eigenvalue weighted by Gasteiger charge is -2.47. The lowest BCUT2D eigenvalue weighted by Crippen LogP contribution is -2.55. The van der Waals surface area contributed by atoms with E-state index in [9.17, 15) is 14.0 Å². The third kappa shape index (κ3) is 4.58. The number of amides is 2. The summed E-state index contributed by atoms with van der Waals surface area (Å²) in [5.74, 6) is -0.265. The minimum absolute atomic E-state index is 0.147. The van der Waals surface area contributed by atoms with Crippen LogP contribution in [-0.4, -0.2) is 85.7 Å². The Morgan fingerprint density at radius 2 is 1.84 bits per heavy atom. The minimum atomic E-state index is -0.360. The molecule has 4 fully saturated rings. The number of hydrogen-bond acceptors (Lipinski definition) is 6. The van der Waals surface area contributed by atoms with Crippen molar-refractivity contribution in [1.82, 2.24) is 9.80 Å². The highest BCUT2D eigenvalue weighted by atomic mass is 19.1. The fourth-order valence-electron chi connectivity index (χ4n) is 7.37. The van der Waals surface area contributed by atoms with Gasteiger partial charge in [-0.15, -0.1) is 0 Å². The van der Waals surface area contributed by atoms with Crippen molar-refractivity contribution in [1.29, 1.82) is 0 Å². The molecule has 0 saturated carbocycles. The highest BCUT2D eigenvalue weighted by molar-refractivity contribution is 5.91. The fourth-order valence-corrected chi connectivity index (χ4v) is 7.37. The van der Waals surface area contributed by atoms with E-state index >= 15 is 0 Å². The van der Waals surface area contributed by atoms with E-state index in [2.05, 4.69) is 4.90 Å². The number of carbonyl (C=O) groups is 2. The van der Waals surface area contributed by atoms with Crippen molar-refractivity contribution in [3.63, 3.8) is 0 Å². The van der Waals surface area contributed by atoms with E-state index in [0.29, 0.717) is 38.8 Å². The van der Waals surface area contributed by atoms with Crippen LogP contribution in [0.15, 0.2) is 18.2 Å². The number of halogens is 1. The van der Waals surface area contributed by atoms with Crippen molar-refractivity contribution < 1.29 is 28.2 Å². The number of carbonyl (C=O) groups excluding carboxylic acids is 2. The van der Waals surface area contributed by atoms with Crippen LogP contribution in [0.5, 0.6) is 0 Å². The van der Waals surface area contributed by atoms with Gasteiger partial charge < -0.3 is 24.0 Å². The third-order valence-electron chi connectivity index (χ3n) is 9.28. The lowest BCUT2D eigenvalue weighted by molar-refractivity contribution is 0.0265. The predicted molar refractivity (Wildman–Crippen MR) is 135 cm³/mol. The predicted octanol–water partition coefficient (Wildman–Crippen LogP) is 4.45. The molecule has 5 aliphatic heterocycles. The standard InChI is InChI=1S/C28H38FN3O5/c1-2-12-36-27(34)32-20-4-5-21(32)16-22(15-20)30-10-8-28(9-11-30)18-31(25-6-3-19(29)14-24(25)28)26(33)37-23-7-13-35-17-23/h3,6,14,20-23H,2,4-5,7-13,15-18H2,1H3/t20?,21?,22?,23-/m1/s1. The SMILES string of the molecule is CCCOC(=O)N1C2CCC1CC(N1CCC3(CC1)CN(C(=O)O[C@@H]1CCOC1)c1ccc(F)cc13)C2. The van der Waals surface area contributed by atoms with Gasteiger partial charge in [0.05, 0.1) is 25.5 Å². The van der Waals surface area contributed by atoms with Crippen LogP contribution in [-0.2, 0) is 19.6 Å². The number of ether oxygens (including phenoxy) is 3. The Labute approximate surface area is 218 Å². The molecule has 0 N–H and O–H groups in total. The molecule has 3 atom stereocenters. The van der Waals surface area contributed by atoms with Crippen LogP contribution >= 0.6 is 0 Å². The van der Waals surface area contributed by atoms with Crippen LogP contribution in [0, 0.1) is 5.82 Å². The van der Waals surface area contributed by atoms with Gasteiger partial charge in [-0.1, -0.05) is 6.92 Å². The molecule has 0 aliphatic carbocycles. The monoisotopic (exact) mass is 515 g/mol. The van der Waals surface area contributed by atoms with Crippen molar-refractivity contribution in [3.8, 4) is 0 Å². The van der Waals surface area contributed by atoms with E-state index in [1.165, 1.54) is 6.07 Å². The van der Waals surface area contributed by atoms with Crippen LogP contribution in [0.3, 0.4) is 0 Å². The van der Waals surface area contributed by atoms with Gasteiger partial charge in [0, 0.05) is 36.5 Å². The second-order valence-electron chi connectivity index (χ2n) is 11.5. The minimum Gasteiger partial charge on any atom is -0.449 e. The number of piperidine rings is 2. The number of likely N-dealkylation sites (tertiary alicyclic amines) is 1. The van der Waals surface area contributed by atoms with Gasteiger partial charge in [0.2, 0.25) is 0 Å². The van der Waals surface area contributed by atoms with Gasteiger partial charge in [-0.25, -0.2) is 14.0 Å². The van der Waals surface area contributed by atoms with Gasteiger partial charge in [0.15, 0.2) is 0 Å². The molecule has 202 valence electrons. The zero-order valence-electron chi connectivity index (χ0n) is 21.7. The summed E-state index contributed by atoms with van der Waals surface area (Å²) < 4.78 is 30.9. The summed E-state index contributed by atoms with van der Waals surface area (Å²) in [6, 6.07) is 5.74. The largest absolute Gasteiger partial charge is 0.449 e. The van der Waals surface area contributed by atoms with Crippen molar-refractivity contribution in [2.45, 2.75) is 87.9 Å². The molecule has 2 unspecified atom stereocenters. The molecule has 2 bridgehead atoms. The molecule has 1 aromatic carbocycles. The second kappa shape index (κ2) is 10.1. The van der Waals surface area contributed by atoms with Gasteiger partial charge in [0.25, 0.3) is 0 Å². The molecule has 1 aromatic rings. The third-order valence-corrected chi connectivity index (χ3v) is 9.28. The van der Waals surface area contributed by atoms with Crippen LogP contribution < -0.4 is 4.90 Å². The Balaban J connectivity index is 1.12. The zero-order chi connectivity index (χ0) is 25.6. The molecule has 0 aromatic heterocycles. The van der Waals surface area contributed by atoms with Crippen molar-refractivity contribution in [2.75, 3.05) is 44.4 Å². The number of anilines is 1. The maximum Gasteiger partial charge on any atom is 0.414 e. The number of rotatable bonds is 4. The Kier molecular flexibility index (Phi) is 6.77. The van der Waals surface area contributed by atoms with Gasteiger partial charge in [-0.2, -0.15) is 0 Å². The van der Waals surface area contributed by atoms with Crippen molar-refractivity contribution in [2.24, 2.45) is 0 Å². The number of benzene rings is 1. The van der Waals surface area contributed by atoms with Crippen molar-refractivity contribution in [3.05, 3.63) is 29.6 Å². The molecule has 0 radical (unpaired) electrons. The van der Waals surface area contributed by atoms with Gasteiger partial charge in [-0.05, 0) is 81.8 Å². The van der Waals surface area contributed by atoms with Crippen LogP contribution in [0.1, 0.15) is 63.9 Å². The molecule has 5 aliphatic rings. The van der Waals surface area contributed by atoms with Crippen molar-refractivity contribution >= 4 is 17.9 Å². The first-order valence-corrected chi connectivity index (χ1v) is 14.0. The molecule has 1 spiro atoms. The molecule has 2 amide bonds. The van der Waals surface area contributed by atoms with Gasteiger partial charge in [-0.3, -0.25) is 4.90 Å². The highest BCUT2D eigenvalue weighted by Crippen LogP contribution is 2.49. The number of nitrogens with zero attached hydrogens (tertiary/aromatic N) is 3. The molecule has 4 saturated heterocycles. The summed E-state index contributed by atoms with van der Waals surface area (Å²) in [6.07, 6.45) is 6.64. The smallest absolute Gasteiger partial charge is 0.414 e. The first kappa shape index (κ1) is 24.9. The molecular weight excluding hydrogens is 477 g/mol. The fraction of sp³-hybridized carbons (Fsp3) is 0.714. The quantitative estimate of drug-likeness (QED) is 0.590. The van der Waals surface area contributed by atoms with Gasteiger partial charge in [0.1, 0.15) is 11.9 Å². The Hall–Kier alpha value is -2.39. The van der Waals surface area contributed by atoms with Crippen LogP contribution in [0.25, 0.3) is 0 Å². The zero-order valence-corrected chi connectivity index (χ0v) is 21.7. The Morgan fingerprint density at radius 3 is 2.51 bits per heavy atom. The molecule has 5 heterocycles. The normalized spacial score (nSPS) is 30.5. The summed E-state index contributed by atoms with van der Waals surface area (Å²) in [5, 5.41) is 0. The van der Waals surface area contributed by atoms with E-state index in [1.54, 1.807) is 17.0 Å². The van der Waals surface area contributed by atoms with Crippen LogP contribution in [0.4, 0.5) is 19.7 Å². The molecule has 9 heteroatoms. The van der Waals surface area contributed by atoms with E-state index in [-0.39, 0.29) is 41.6 Å². The maximum absolute atomic E-state index is 14.4. The summed E-state index contributed by atoms with van der Waals surface area (Å²) >= 11 is 0. The number of fused-ring (bicyclic) bond motifs is 4. The van der Waals surface area contributed by atoms with Gasteiger partial charge >= 0.3 is 12.2 Å². The lowest BCUT2D eigenvalue weighted by atomic mass is 9.73. The molecule has 8 nitrogen and oxygen atoms in total. The molecule has 37 heavy (non-hydrogen) atoms. The van der Waals surface area contributed by atoms with Crippen LogP contribution in [0.2, 0.25) is 0 Å². The second-order valence-corrected chi connectivity index (χ2v) is 11.5.